The van der Waals surface area contributed by atoms with Gasteiger partial charge in [0.1, 0.15) is 19.8 Å². The number of likely N-dealkylation sites (N-methyl/N-ethyl adjacent to an activating group) is 1. The van der Waals surface area contributed by atoms with Gasteiger partial charge in [0.25, 0.3) is 7.82 Å². The summed E-state index contributed by atoms with van der Waals surface area (Å²) in [6.45, 7) is 4.07. The van der Waals surface area contributed by atoms with Gasteiger partial charge in [-0.05, 0) is 135 Å². The van der Waals surface area contributed by atoms with E-state index in [4.69, 9.17) is 18.5 Å². The Labute approximate surface area is 540 Å². The van der Waals surface area contributed by atoms with Crippen LogP contribution in [0, 0.1) is 0 Å². The maximum Gasteiger partial charge on any atom is 0.306 e. The number of phosphoric acid groups is 1. The standard InChI is InChI=1S/C78H128NO8P/c1-6-8-10-12-14-16-18-20-22-24-26-28-30-31-32-33-34-35-36-37-38-39-40-41-42-43-44-45-46-47-49-51-53-55-57-59-61-63-65-67-69-71-78(81)87-76(75-86-88(82,83)85-73-72-79(3,4)5)74-84-77(80)70-68-66-64-62-60-58-56-54-52-50-48-29-27-25-23-21-19-17-15-13-11-9-7-2/h8,10,14,16,19-22,25-28,31-32,34-35,37-38,40-41,43-44,46-47,51,53,57,59,76H,6-7,9,11-13,15,17-18,23-24,29-30,33,36,39,42,45,48-50,52,54-56,58,60-75H2,1-5H3/b10-8-,16-14-,21-19-,22-20-,27-25-,28-26-,32-31-,35-34-,38-37-,41-40-,44-43-,47-46-,53-51-,59-57-. The summed E-state index contributed by atoms with van der Waals surface area (Å²) in [6.07, 6.45) is 101. The predicted molar refractivity (Wildman–Crippen MR) is 378 cm³/mol. The van der Waals surface area contributed by atoms with E-state index in [2.05, 4.69) is 184 Å². The third kappa shape index (κ3) is 70.5. The van der Waals surface area contributed by atoms with Crippen molar-refractivity contribution in [1.82, 2.24) is 0 Å². The smallest absolute Gasteiger partial charge is 0.306 e. The van der Waals surface area contributed by atoms with E-state index in [1.165, 1.54) is 89.9 Å². The fourth-order valence-electron chi connectivity index (χ4n) is 8.90. The number of phosphoric ester groups is 1. The Balaban J connectivity index is 4.19. The van der Waals surface area contributed by atoms with Crippen LogP contribution in [-0.4, -0.2) is 70.0 Å². The van der Waals surface area contributed by atoms with Crippen LogP contribution in [0.15, 0.2) is 170 Å². The second-order valence-electron chi connectivity index (χ2n) is 23.8. The lowest BCUT2D eigenvalue weighted by molar-refractivity contribution is -0.870. The summed E-state index contributed by atoms with van der Waals surface area (Å²) < 4.78 is 34.2. The van der Waals surface area contributed by atoms with Crippen molar-refractivity contribution in [1.29, 1.82) is 0 Å². The number of rotatable bonds is 62. The van der Waals surface area contributed by atoms with Gasteiger partial charge in [0.05, 0.1) is 27.7 Å². The maximum absolute atomic E-state index is 12.8. The van der Waals surface area contributed by atoms with E-state index in [0.29, 0.717) is 17.4 Å². The Morgan fingerprint density at radius 3 is 0.966 bits per heavy atom. The first-order chi connectivity index (χ1) is 43.0. The highest BCUT2D eigenvalue weighted by Gasteiger charge is 2.22. The molecule has 0 aliphatic heterocycles. The third-order valence-corrected chi connectivity index (χ3v) is 15.2. The molecule has 0 aromatic rings. The van der Waals surface area contributed by atoms with Crippen molar-refractivity contribution < 1.29 is 42.1 Å². The van der Waals surface area contributed by atoms with Crippen LogP contribution in [0.25, 0.3) is 0 Å². The van der Waals surface area contributed by atoms with Crippen molar-refractivity contribution in [2.75, 3.05) is 47.5 Å². The molecule has 0 rings (SSSR count). The Bertz CT molecular complexity index is 2090. The number of quaternary nitrogens is 1. The monoisotopic (exact) mass is 1240 g/mol. The van der Waals surface area contributed by atoms with Gasteiger partial charge in [-0.2, -0.15) is 0 Å². The molecule has 2 unspecified atom stereocenters. The first-order valence-corrected chi connectivity index (χ1v) is 36.3. The molecule has 0 aromatic heterocycles. The quantitative estimate of drug-likeness (QED) is 0.0195. The van der Waals surface area contributed by atoms with E-state index in [-0.39, 0.29) is 26.1 Å². The van der Waals surface area contributed by atoms with E-state index in [1.807, 2.05) is 21.1 Å². The van der Waals surface area contributed by atoms with Crippen molar-refractivity contribution in [2.24, 2.45) is 0 Å². The summed E-state index contributed by atoms with van der Waals surface area (Å²) in [5.74, 6) is -0.873. The summed E-state index contributed by atoms with van der Waals surface area (Å²) >= 11 is 0. The fourth-order valence-corrected chi connectivity index (χ4v) is 9.63. The molecule has 0 fully saturated rings. The molecule has 498 valence electrons. The molecule has 10 heteroatoms. The van der Waals surface area contributed by atoms with E-state index in [0.717, 1.165) is 135 Å². The Morgan fingerprint density at radius 1 is 0.364 bits per heavy atom. The Hall–Kier alpha value is -4.63. The number of unbranched alkanes of at least 4 members (excludes halogenated alkanes) is 20. The molecule has 0 spiro atoms. The summed E-state index contributed by atoms with van der Waals surface area (Å²) in [7, 11) is 1.13. The molecule has 9 nitrogen and oxygen atoms in total. The zero-order valence-electron chi connectivity index (χ0n) is 56.6. The van der Waals surface area contributed by atoms with Crippen molar-refractivity contribution in [3.63, 3.8) is 0 Å². The molecular formula is C78H128NO8P. The molecule has 0 radical (unpaired) electrons. The van der Waals surface area contributed by atoms with Crippen LogP contribution in [0.3, 0.4) is 0 Å². The van der Waals surface area contributed by atoms with Crippen LogP contribution in [0.1, 0.15) is 258 Å². The van der Waals surface area contributed by atoms with Crippen LogP contribution in [0.4, 0.5) is 0 Å². The average Bonchev–Trinajstić information content (AvgIpc) is 3.58. The predicted octanol–water partition coefficient (Wildman–Crippen LogP) is 22.3. The SMILES string of the molecule is CC/C=C\C/C=C\C/C=C\C/C=C\C/C=C\C/C=C\C/C=C\C/C=C\C/C=C\C/C=C\C/C=C\C/C=C\CCCCCCC(=O)OC(COC(=O)CCCCCCCCCCCCC/C=C\C/C=C\CCCCCCC)COP(=O)([O-])OCC[N+](C)(C)C. The normalized spacial score (nSPS) is 14.2. The molecule has 0 N–H and O–H groups in total. The summed E-state index contributed by atoms with van der Waals surface area (Å²) in [5.41, 5.74) is 0. The van der Waals surface area contributed by atoms with Crippen LogP contribution in [-0.2, 0) is 32.7 Å². The molecule has 0 aromatic carbocycles. The molecule has 0 saturated carbocycles. The number of nitrogens with zero attached hydrogens (tertiary/aromatic N) is 1. The molecule has 0 aliphatic rings. The van der Waals surface area contributed by atoms with E-state index < -0.39 is 32.5 Å². The van der Waals surface area contributed by atoms with Crippen LogP contribution >= 0.6 is 7.82 Å². The number of hydrogen-bond acceptors (Lipinski definition) is 8. The lowest BCUT2D eigenvalue weighted by Crippen LogP contribution is -2.37. The molecular weight excluding hydrogens is 1110 g/mol. The lowest BCUT2D eigenvalue weighted by Gasteiger charge is -2.28. The first-order valence-electron chi connectivity index (χ1n) is 34.8. The van der Waals surface area contributed by atoms with Crippen LogP contribution < -0.4 is 4.89 Å². The summed E-state index contributed by atoms with van der Waals surface area (Å²) in [6, 6.07) is 0. The molecule has 0 bridgehead atoms. The maximum atomic E-state index is 12.8. The highest BCUT2D eigenvalue weighted by atomic mass is 31.2. The number of esters is 2. The first kappa shape index (κ1) is 83.4. The number of hydrogen-bond donors (Lipinski definition) is 0. The zero-order chi connectivity index (χ0) is 64.1. The van der Waals surface area contributed by atoms with Crippen molar-refractivity contribution in [2.45, 2.75) is 264 Å². The zero-order valence-corrected chi connectivity index (χ0v) is 57.5. The molecule has 0 heterocycles. The van der Waals surface area contributed by atoms with E-state index in [1.54, 1.807) is 0 Å². The van der Waals surface area contributed by atoms with Gasteiger partial charge in [0.2, 0.25) is 0 Å². The minimum atomic E-state index is -4.66. The number of ether oxygens (including phenoxy) is 2. The number of carbonyl (C=O) groups is 2. The van der Waals surface area contributed by atoms with Crippen molar-refractivity contribution >= 4 is 19.8 Å². The Morgan fingerprint density at radius 2 is 0.648 bits per heavy atom. The third-order valence-electron chi connectivity index (χ3n) is 14.2. The van der Waals surface area contributed by atoms with Gasteiger partial charge in [-0.1, -0.05) is 280 Å². The molecule has 0 aliphatic carbocycles. The lowest BCUT2D eigenvalue weighted by atomic mass is 10.0. The second-order valence-corrected chi connectivity index (χ2v) is 25.2. The van der Waals surface area contributed by atoms with Crippen LogP contribution in [0.5, 0.6) is 0 Å². The average molecular weight is 1240 g/mol. The molecule has 88 heavy (non-hydrogen) atoms. The highest BCUT2D eigenvalue weighted by Crippen LogP contribution is 2.38. The minimum absolute atomic E-state index is 0.0450. The van der Waals surface area contributed by atoms with E-state index >= 15 is 0 Å². The van der Waals surface area contributed by atoms with Gasteiger partial charge in [0, 0.05) is 12.8 Å². The molecule has 0 amide bonds. The van der Waals surface area contributed by atoms with Gasteiger partial charge < -0.3 is 27.9 Å². The second kappa shape index (κ2) is 66.8. The molecule has 0 saturated heterocycles. The topological polar surface area (TPSA) is 111 Å². The van der Waals surface area contributed by atoms with Gasteiger partial charge >= 0.3 is 11.9 Å². The van der Waals surface area contributed by atoms with Crippen molar-refractivity contribution in [3.05, 3.63) is 170 Å². The van der Waals surface area contributed by atoms with Gasteiger partial charge in [0.15, 0.2) is 6.10 Å². The van der Waals surface area contributed by atoms with Gasteiger partial charge in [-0.3, -0.25) is 14.2 Å². The number of allylic oxidation sites excluding steroid dienone is 28. The van der Waals surface area contributed by atoms with Gasteiger partial charge in [-0.25, -0.2) is 0 Å². The summed E-state index contributed by atoms with van der Waals surface area (Å²) in [5, 5.41) is 0. The number of carbonyl (C=O) groups excluding carboxylic acids is 2. The summed E-state index contributed by atoms with van der Waals surface area (Å²) in [4.78, 5) is 38.0. The van der Waals surface area contributed by atoms with Gasteiger partial charge in [-0.15, -0.1) is 0 Å². The van der Waals surface area contributed by atoms with Crippen molar-refractivity contribution in [3.8, 4) is 0 Å². The fraction of sp³-hybridized carbons (Fsp3) is 0.615. The highest BCUT2D eigenvalue weighted by molar-refractivity contribution is 7.45. The Kier molecular flexibility index (Phi) is 63.3. The molecule has 2 atom stereocenters. The largest absolute Gasteiger partial charge is 0.756 e. The van der Waals surface area contributed by atoms with Crippen LogP contribution in [0.2, 0.25) is 0 Å². The minimum Gasteiger partial charge on any atom is -0.756 e. The van der Waals surface area contributed by atoms with E-state index in [9.17, 15) is 19.0 Å².